The van der Waals surface area contributed by atoms with Crippen LogP contribution < -0.4 is 4.72 Å². The van der Waals surface area contributed by atoms with E-state index in [9.17, 15) is 13.2 Å². The zero-order valence-electron chi connectivity index (χ0n) is 10.3. The fourth-order valence-corrected chi connectivity index (χ4v) is 3.06. The summed E-state index contributed by atoms with van der Waals surface area (Å²) < 4.78 is 26.5. The summed E-state index contributed by atoms with van der Waals surface area (Å²) in [5, 5.41) is 14.1. The summed E-state index contributed by atoms with van der Waals surface area (Å²) in [5.74, 6) is -1.36. The second kappa shape index (κ2) is 5.55. The fourth-order valence-electron chi connectivity index (χ4n) is 1.50. The molecular weight excluding hydrogens is 302 g/mol. The lowest BCUT2D eigenvalue weighted by Crippen LogP contribution is -2.16. The molecule has 106 valence electrons. The lowest BCUT2D eigenvalue weighted by molar-refractivity contribution is 0.0692. The van der Waals surface area contributed by atoms with Gasteiger partial charge in [-0.3, -0.25) is 9.82 Å². The molecule has 3 N–H and O–H groups in total. The van der Waals surface area contributed by atoms with E-state index in [1.165, 1.54) is 11.8 Å². The molecule has 1 aromatic heterocycles. The monoisotopic (exact) mass is 313 g/mol. The molecule has 7 nitrogen and oxygen atoms in total. The van der Waals surface area contributed by atoms with Crippen molar-refractivity contribution in [3.8, 4) is 0 Å². The van der Waals surface area contributed by atoms with E-state index in [2.05, 4.69) is 14.9 Å². The molecule has 0 aliphatic rings. The second-order valence-corrected chi connectivity index (χ2v) is 6.25. The highest BCUT2D eigenvalue weighted by atomic mass is 32.2. The summed E-state index contributed by atoms with van der Waals surface area (Å²) in [4.78, 5) is 11.9. The number of aromatic amines is 1. The number of carboxylic acids is 1. The van der Waals surface area contributed by atoms with E-state index in [0.29, 0.717) is 5.69 Å². The minimum absolute atomic E-state index is 0.341. The number of rotatable bonds is 5. The number of nitrogens with one attached hydrogen (secondary N) is 2. The number of anilines is 1. The first-order valence-corrected chi connectivity index (χ1v) is 8.08. The summed E-state index contributed by atoms with van der Waals surface area (Å²) in [6.07, 6.45) is 2.86. The molecule has 0 fully saturated rings. The number of aromatic carboxylic acids is 1. The Labute approximate surface area is 119 Å². The van der Waals surface area contributed by atoms with Crippen LogP contribution in [-0.2, 0) is 10.0 Å². The number of thioether (sulfide) groups is 1. The van der Waals surface area contributed by atoms with Crippen LogP contribution in [0.1, 0.15) is 10.4 Å². The van der Waals surface area contributed by atoms with Crippen molar-refractivity contribution in [2.45, 2.75) is 9.92 Å². The number of carboxylic acid groups (broad SMARTS) is 1. The van der Waals surface area contributed by atoms with Gasteiger partial charge in [0.15, 0.2) is 5.03 Å². The van der Waals surface area contributed by atoms with Gasteiger partial charge in [0.1, 0.15) is 5.56 Å². The van der Waals surface area contributed by atoms with Gasteiger partial charge in [-0.2, -0.15) is 13.5 Å². The second-order valence-electron chi connectivity index (χ2n) is 3.75. The van der Waals surface area contributed by atoms with E-state index in [0.717, 1.165) is 11.1 Å². The molecule has 0 aliphatic heterocycles. The minimum atomic E-state index is -4.02. The number of benzene rings is 1. The molecule has 1 heterocycles. The van der Waals surface area contributed by atoms with Crippen molar-refractivity contribution < 1.29 is 18.3 Å². The molecule has 0 radical (unpaired) electrons. The standard InChI is InChI=1S/C11H11N3O4S2/c1-19-8-4-2-7(3-5-8)14-20(17,18)10-9(11(15)16)6-12-13-10/h2-6,14H,1H3,(H,12,13)(H,15,16). The summed E-state index contributed by atoms with van der Waals surface area (Å²) in [6.45, 7) is 0. The fraction of sp³-hybridized carbons (Fsp3) is 0.0909. The molecule has 2 aromatic rings. The van der Waals surface area contributed by atoms with E-state index in [1.807, 2.05) is 6.26 Å². The molecule has 20 heavy (non-hydrogen) atoms. The highest BCUT2D eigenvalue weighted by Crippen LogP contribution is 2.21. The van der Waals surface area contributed by atoms with Crippen molar-refractivity contribution in [3.63, 3.8) is 0 Å². The van der Waals surface area contributed by atoms with E-state index >= 15 is 0 Å². The quantitative estimate of drug-likeness (QED) is 0.723. The summed E-state index contributed by atoms with van der Waals surface area (Å²) in [6, 6.07) is 6.71. The van der Waals surface area contributed by atoms with Crippen LogP contribution >= 0.6 is 11.8 Å². The van der Waals surface area contributed by atoms with Gasteiger partial charge >= 0.3 is 5.97 Å². The van der Waals surface area contributed by atoms with Gasteiger partial charge in [0, 0.05) is 10.6 Å². The summed E-state index contributed by atoms with van der Waals surface area (Å²) >= 11 is 1.53. The SMILES string of the molecule is CSc1ccc(NS(=O)(=O)c2[nH]ncc2C(=O)O)cc1. The Bertz CT molecular complexity index is 722. The summed E-state index contributed by atoms with van der Waals surface area (Å²) in [7, 11) is -4.02. The molecular formula is C11H11N3O4S2. The van der Waals surface area contributed by atoms with Gasteiger partial charge in [-0.15, -0.1) is 11.8 Å². The van der Waals surface area contributed by atoms with Crippen molar-refractivity contribution in [2.24, 2.45) is 0 Å². The average molecular weight is 313 g/mol. The van der Waals surface area contributed by atoms with Crippen molar-refractivity contribution in [1.82, 2.24) is 10.2 Å². The number of carbonyl (C=O) groups is 1. The average Bonchev–Trinajstić information content (AvgIpc) is 2.89. The zero-order chi connectivity index (χ0) is 14.8. The van der Waals surface area contributed by atoms with Crippen LogP contribution in [-0.4, -0.2) is 35.9 Å². The first-order chi connectivity index (χ1) is 9.44. The molecule has 1 aromatic carbocycles. The normalized spacial score (nSPS) is 11.2. The molecule has 2 rings (SSSR count). The van der Waals surface area contributed by atoms with Crippen LogP contribution in [0, 0.1) is 0 Å². The Morgan fingerprint density at radius 2 is 2.00 bits per heavy atom. The van der Waals surface area contributed by atoms with E-state index in [4.69, 9.17) is 5.11 Å². The molecule has 0 atom stereocenters. The molecule has 0 saturated carbocycles. The van der Waals surface area contributed by atoms with Gasteiger partial charge in [-0.05, 0) is 30.5 Å². The maximum absolute atomic E-state index is 12.1. The minimum Gasteiger partial charge on any atom is -0.478 e. The highest BCUT2D eigenvalue weighted by molar-refractivity contribution is 7.98. The number of hydrogen-bond acceptors (Lipinski definition) is 5. The Kier molecular flexibility index (Phi) is 4.00. The van der Waals surface area contributed by atoms with E-state index in [1.54, 1.807) is 24.3 Å². The predicted molar refractivity (Wildman–Crippen MR) is 74.6 cm³/mol. The highest BCUT2D eigenvalue weighted by Gasteiger charge is 2.24. The van der Waals surface area contributed by atoms with Gasteiger partial charge in [-0.25, -0.2) is 4.79 Å². The Morgan fingerprint density at radius 1 is 1.35 bits per heavy atom. The van der Waals surface area contributed by atoms with Crippen LogP contribution in [0.25, 0.3) is 0 Å². The Balaban J connectivity index is 2.30. The Hall–Kier alpha value is -2.00. The molecule has 0 bridgehead atoms. The third kappa shape index (κ3) is 2.94. The zero-order valence-corrected chi connectivity index (χ0v) is 12.0. The molecule has 0 amide bonds. The first-order valence-electron chi connectivity index (χ1n) is 5.37. The molecule has 0 aliphatic carbocycles. The molecule has 0 saturated heterocycles. The Morgan fingerprint density at radius 3 is 2.55 bits per heavy atom. The number of nitrogens with zero attached hydrogens (tertiary/aromatic N) is 1. The lowest BCUT2D eigenvalue weighted by Gasteiger charge is -2.07. The third-order valence-corrected chi connectivity index (χ3v) is 4.54. The van der Waals surface area contributed by atoms with E-state index in [-0.39, 0.29) is 0 Å². The van der Waals surface area contributed by atoms with Gasteiger partial charge < -0.3 is 5.11 Å². The summed E-state index contributed by atoms with van der Waals surface area (Å²) in [5.41, 5.74) is -0.0630. The number of H-pyrrole nitrogens is 1. The van der Waals surface area contributed by atoms with E-state index < -0.39 is 26.6 Å². The predicted octanol–water partition coefficient (Wildman–Crippen LogP) is 1.63. The maximum atomic E-state index is 12.1. The van der Waals surface area contributed by atoms with Crippen LogP contribution in [0.15, 0.2) is 40.4 Å². The smallest absolute Gasteiger partial charge is 0.340 e. The third-order valence-electron chi connectivity index (χ3n) is 2.45. The van der Waals surface area contributed by atoms with Gasteiger partial charge in [0.05, 0.1) is 6.20 Å². The van der Waals surface area contributed by atoms with Crippen molar-refractivity contribution in [2.75, 3.05) is 11.0 Å². The maximum Gasteiger partial charge on any atom is 0.340 e. The molecule has 0 unspecified atom stereocenters. The van der Waals surface area contributed by atoms with Crippen molar-refractivity contribution in [1.29, 1.82) is 0 Å². The van der Waals surface area contributed by atoms with Gasteiger partial charge in [0.25, 0.3) is 10.0 Å². The van der Waals surface area contributed by atoms with Crippen LogP contribution in [0.3, 0.4) is 0 Å². The molecule has 9 heteroatoms. The lowest BCUT2D eigenvalue weighted by atomic mass is 10.3. The van der Waals surface area contributed by atoms with Crippen LogP contribution in [0.2, 0.25) is 0 Å². The van der Waals surface area contributed by atoms with Crippen molar-refractivity contribution >= 4 is 33.4 Å². The van der Waals surface area contributed by atoms with Crippen LogP contribution in [0.5, 0.6) is 0 Å². The number of hydrogen-bond donors (Lipinski definition) is 3. The van der Waals surface area contributed by atoms with Crippen LogP contribution in [0.4, 0.5) is 5.69 Å². The van der Waals surface area contributed by atoms with Gasteiger partial charge in [0.2, 0.25) is 0 Å². The topological polar surface area (TPSA) is 112 Å². The first kappa shape index (κ1) is 14.4. The van der Waals surface area contributed by atoms with Crippen molar-refractivity contribution in [3.05, 3.63) is 36.0 Å². The number of aromatic nitrogens is 2. The largest absolute Gasteiger partial charge is 0.478 e. The van der Waals surface area contributed by atoms with Gasteiger partial charge in [-0.1, -0.05) is 0 Å². The number of sulfonamides is 1. The molecule has 0 spiro atoms.